The van der Waals surface area contributed by atoms with Gasteiger partial charge in [-0.25, -0.2) is 8.42 Å². The standard InChI is InChI=1S/C25H38N6O5S/c1-16-9-18(10-17(2)36-16)14-31-15-19(12-28-31)24(26)21-5-7-35-8-6-22(21)29-20-11-23(30-37(4,32)33)25(34-3)27-13-20/h11-13,15-18,25-27,29-30H,5-10,14H2,1-4H3. The molecule has 0 spiro atoms. The molecule has 1 saturated heterocycles. The summed E-state index contributed by atoms with van der Waals surface area (Å²) in [7, 11) is -1.98. The molecule has 0 saturated carbocycles. The summed E-state index contributed by atoms with van der Waals surface area (Å²) >= 11 is 0. The van der Waals surface area contributed by atoms with Gasteiger partial charge in [0.05, 0.1) is 55.0 Å². The van der Waals surface area contributed by atoms with Crippen LogP contribution in [0.5, 0.6) is 0 Å². The molecule has 0 bridgehead atoms. The van der Waals surface area contributed by atoms with Crippen molar-refractivity contribution in [3.63, 3.8) is 0 Å². The maximum atomic E-state index is 11.8. The molecule has 4 rings (SSSR count). The minimum absolute atomic E-state index is 0.247. The lowest BCUT2D eigenvalue weighted by Crippen LogP contribution is -2.40. The highest BCUT2D eigenvalue weighted by Crippen LogP contribution is 2.27. The molecular weight excluding hydrogens is 496 g/mol. The van der Waals surface area contributed by atoms with Crippen LogP contribution in [0.4, 0.5) is 0 Å². The van der Waals surface area contributed by atoms with Gasteiger partial charge < -0.3 is 24.8 Å². The van der Waals surface area contributed by atoms with Gasteiger partial charge in [-0.1, -0.05) is 0 Å². The van der Waals surface area contributed by atoms with Crippen LogP contribution in [0.1, 0.15) is 45.1 Å². The zero-order valence-electron chi connectivity index (χ0n) is 21.9. The third kappa shape index (κ3) is 7.44. The van der Waals surface area contributed by atoms with E-state index in [9.17, 15) is 8.42 Å². The fourth-order valence-electron chi connectivity index (χ4n) is 5.17. The van der Waals surface area contributed by atoms with E-state index < -0.39 is 16.3 Å². The van der Waals surface area contributed by atoms with E-state index in [2.05, 4.69) is 34.3 Å². The van der Waals surface area contributed by atoms with Crippen LogP contribution >= 0.6 is 0 Å². The van der Waals surface area contributed by atoms with E-state index >= 15 is 0 Å². The van der Waals surface area contributed by atoms with E-state index in [-0.39, 0.29) is 12.2 Å². The van der Waals surface area contributed by atoms with Crippen molar-refractivity contribution in [3.05, 3.63) is 52.9 Å². The molecule has 37 heavy (non-hydrogen) atoms. The van der Waals surface area contributed by atoms with Crippen LogP contribution in [0.2, 0.25) is 0 Å². The van der Waals surface area contributed by atoms with E-state index in [1.807, 2.05) is 10.9 Å². The van der Waals surface area contributed by atoms with E-state index in [4.69, 9.17) is 19.6 Å². The normalized spacial score (nSPS) is 27.0. The zero-order valence-corrected chi connectivity index (χ0v) is 22.7. The zero-order chi connectivity index (χ0) is 26.6. The van der Waals surface area contributed by atoms with Crippen molar-refractivity contribution in [1.29, 1.82) is 5.41 Å². The highest BCUT2D eigenvalue weighted by Gasteiger charge is 2.26. The first kappa shape index (κ1) is 27.4. The van der Waals surface area contributed by atoms with Crippen LogP contribution < -0.4 is 15.4 Å². The van der Waals surface area contributed by atoms with Crippen molar-refractivity contribution >= 4 is 15.7 Å². The number of hydrogen-bond donors (Lipinski definition) is 4. The number of aromatic nitrogens is 2. The predicted molar refractivity (Wildman–Crippen MR) is 140 cm³/mol. The van der Waals surface area contributed by atoms with Gasteiger partial charge in [-0.3, -0.25) is 14.8 Å². The Morgan fingerprint density at radius 2 is 2.00 bits per heavy atom. The van der Waals surface area contributed by atoms with E-state index in [1.54, 1.807) is 18.5 Å². The SMILES string of the molecule is COC1NC=C(NC2=C(C(=N)c3cnn(CC4CC(C)OC(C)C4)c3)CCOCC2)C=C1NS(C)(=O)=O. The van der Waals surface area contributed by atoms with Gasteiger partial charge >= 0.3 is 0 Å². The van der Waals surface area contributed by atoms with Gasteiger partial charge in [-0.2, -0.15) is 5.10 Å². The van der Waals surface area contributed by atoms with Crippen molar-refractivity contribution in [1.82, 2.24) is 25.1 Å². The lowest BCUT2D eigenvalue weighted by molar-refractivity contribution is -0.0553. The maximum Gasteiger partial charge on any atom is 0.229 e. The Labute approximate surface area is 218 Å². The average Bonchev–Trinajstić information content (AvgIpc) is 3.15. The summed E-state index contributed by atoms with van der Waals surface area (Å²) in [4.78, 5) is 0. The minimum Gasteiger partial charge on any atom is -0.381 e. The van der Waals surface area contributed by atoms with Crippen LogP contribution in [-0.4, -0.2) is 68.9 Å². The highest BCUT2D eigenvalue weighted by molar-refractivity contribution is 7.88. The molecule has 0 aliphatic carbocycles. The molecule has 0 aromatic carbocycles. The van der Waals surface area contributed by atoms with Crippen molar-refractivity contribution in [3.8, 4) is 0 Å². The van der Waals surface area contributed by atoms with Gasteiger partial charge in [0, 0.05) is 43.7 Å². The number of hydrogen-bond acceptors (Lipinski definition) is 9. The second-order valence-corrected chi connectivity index (χ2v) is 11.7. The molecule has 4 N–H and O–H groups in total. The quantitative estimate of drug-likeness (QED) is 0.353. The number of rotatable bonds is 9. The first-order chi connectivity index (χ1) is 17.6. The van der Waals surface area contributed by atoms with E-state index in [0.29, 0.717) is 49.1 Å². The van der Waals surface area contributed by atoms with Gasteiger partial charge in [0.1, 0.15) is 0 Å². The fraction of sp³-hybridized carbons (Fsp3) is 0.600. The molecule has 12 heteroatoms. The molecule has 204 valence electrons. The Morgan fingerprint density at radius 3 is 2.70 bits per heavy atom. The second kappa shape index (κ2) is 11.8. The smallest absolute Gasteiger partial charge is 0.229 e. The van der Waals surface area contributed by atoms with E-state index in [0.717, 1.165) is 42.5 Å². The van der Waals surface area contributed by atoms with Crippen molar-refractivity contribution in [2.45, 2.75) is 64.5 Å². The van der Waals surface area contributed by atoms with Gasteiger partial charge in [-0.05, 0) is 50.7 Å². The first-order valence-corrected chi connectivity index (χ1v) is 14.5. The Balaban J connectivity index is 1.52. The largest absolute Gasteiger partial charge is 0.381 e. The molecule has 3 aliphatic heterocycles. The highest BCUT2D eigenvalue weighted by atomic mass is 32.2. The van der Waals surface area contributed by atoms with Crippen LogP contribution in [0, 0.1) is 11.3 Å². The van der Waals surface area contributed by atoms with Gasteiger partial charge in [0.2, 0.25) is 10.0 Å². The van der Waals surface area contributed by atoms with Crippen LogP contribution in [0.25, 0.3) is 0 Å². The monoisotopic (exact) mass is 534 g/mol. The average molecular weight is 535 g/mol. The lowest BCUT2D eigenvalue weighted by Gasteiger charge is -2.31. The minimum atomic E-state index is -3.48. The van der Waals surface area contributed by atoms with Gasteiger partial charge in [0.15, 0.2) is 6.23 Å². The molecule has 11 nitrogen and oxygen atoms in total. The summed E-state index contributed by atoms with van der Waals surface area (Å²) in [5.74, 6) is 0.492. The number of ether oxygens (including phenoxy) is 3. The van der Waals surface area contributed by atoms with Crippen LogP contribution in [0.3, 0.4) is 0 Å². The Hall–Kier alpha value is -2.67. The topological polar surface area (TPSA) is 140 Å². The molecular formula is C25H38N6O5S. The van der Waals surface area contributed by atoms with Gasteiger partial charge in [0.25, 0.3) is 0 Å². The summed E-state index contributed by atoms with van der Waals surface area (Å²) in [5.41, 5.74) is 3.91. The molecule has 1 aromatic rings. The van der Waals surface area contributed by atoms with Crippen LogP contribution in [0.15, 0.2) is 47.3 Å². The molecule has 1 fully saturated rings. The summed E-state index contributed by atoms with van der Waals surface area (Å²) < 4.78 is 45.0. The lowest BCUT2D eigenvalue weighted by atomic mass is 9.92. The molecule has 1 aromatic heterocycles. The summed E-state index contributed by atoms with van der Waals surface area (Å²) in [6.45, 7) is 6.08. The van der Waals surface area contributed by atoms with Crippen molar-refractivity contribution in [2.24, 2.45) is 5.92 Å². The molecule has 0 amide bonds. The number of methoxy groups -OCH3 is 1. The third-order valence-electron chi connectivity index (χ3n) is 6.64. The van der Waals surface area contributed by atoms with Crippen molar-refractivity contribution in [2.75, 3.05) is 26.6 Å². The third-order valence-corrected chi connectivity index (χ3v) is 7.25. The Bertz CT molecular complexity index is 1180. The Kier molecular flexibility index (Phi) is 8.73. The van der Waals surface area contributed by atoms with Gasteiger partial charge in [-0.15, -0.1) is 0 Å². The first-order valence-electron chi connectivity index (χ1n) is 12.6. The number of nitrogens with zero attached hydrogens (tertiary/aromatic N) is 2. The summed E-state index contributed by atoms with van der Waals surface area (Å²) in [5, 5.41) is 20.0. The number of nitrogens with one attached hydrogen (secondary N) is 4. The Morgan fingerprint density at radius 1 is 1.27 bits per heavy atom. The van der Waals surface area contributed by atoms with Crippen molar-refractivity contribution < 1.29 is 22.6 Å². The fourth-order valence-corrected chi connectivity index (χ4v) is 5.76. The summed E-state index contributed by atoms with van der Waals surface area (Å²) in [6, 6.07) is 0. The molecule has 3 unspecified atom stereocenters. The number of dihydropyridines is 1. The predicted octanol–water partition coefficient (Wildman–Crippen LogP) is 1.96. The molecule has 3 atom stereocenters. The second-order valence-electron chi connectivity index (χ2n) is 9.97. The number of allylic oxidation sites excluding steroid dienone is 1. The maximum absolute atomic E-state index is 11.8. The molecule has 0 radical (unpaired) electrons. The number of sulfonamides is 1. The molecule has 3 aliphatic rings. The van der Waals surface area contributed by atoms with Crippen LogP contribution in [-0.2, 0) is 30.8 Å². The molecule has 4 heterocycles. The van der Waals surface area contributed by atoms with E-state index in [1.165, 1.54) is 7.11 Å². The summed E-state index contributed by atoms with van der Waals surface area (Å²) in [6.07, 6.45) is 11.3.